The molecule has 134 valence electrons. The van der Waals surface area contributed by atoms with Crippen LogP contribution in [-0.2, 0) is 39.8 Å². The molecule has 0 amide bonds. The van der Waals surface area contributed by atoms with E-state index < -0.39 is 24.3 Å². The zero-order valence-corrected chi connectivity index (χ0v) is 12.8. The van der Waals surface area contributed by atoms with Crippen molar-refractivity contribution in [3.05, 3.63) is 50.3 Å². The molecular weight excluding hydrogens is 437 g/mol. The summed E-state index contributed by atoms with van der Waals surface area (Å²) in [6.45, 7) is 13.5. The molecule has 0 aliphatic rings. The van der Waals surface area contributed by atoms with Crippen molar-refractivity contribution in [2.24, 2.45) is 0 Å². The Kier molecular flexibility index (Phi) is 25.1. The minimum absolute atomic E-state index is 0. The fourth-order valence-corrected chi connectivity index (χ4v) is 0.423. The minimum Gasteiger partial charge on any atom is -0.999 e. The summed E-state index contributed by atoms with van der Waals surface area (Å²) in [7, 11) is 0. The summed E-state index contributed by atoms with van der Waals surface area (Å²) in [4.78, 5) is 9.06. The predicted molar refractivity (Wildman–Crippen MR) is 50.8 cm³/mol. The fraction of sp³-hybridized carbons (Fsp3) is 0.250. The largest absolute Gasteiger partial charge is 0.999 e. The molecule has 0 radical (unpaired) electrons. The number of hydrogen-bond acceptors (Lipinski definition) is 1. The van der Waals surface area contributed by atoms with Gasteiger partial charge in [-0.3, -0.25) is 0 Å². The van der Waals surface area contributed by atoms with Crippen LogP contribution < -0.4 is 0 Å². The van der Waals surface area contributed by atoms with Crippen molar-refractivity contribution in [2.45, 2.75) is 18.0 Å². The van der Waals surface area contributed by atoms with Crippen LogP contribution in [0.3, 0.4) is 0 Å². The van der Waals surface area contributed by atoms with Crippen LogP contribution in [0.25, 0.3) is 0 Å². The zero-order chi connectivity index (χ0) is 19.7. The van der Waals surface area contributed by atoms with Gasteiger partial charge in [-0.05, 0) is 0 Å². The van der Waals surface area contributed by atoms with E-state index in [0.717, 1.165) is 0 Å². The van der Waals surface area contributed by atoms with Crippen LogP contribution in [-0.4, -0.2) is 24.3 Å². The Bertz CT molecular complexity index is 419. The van der Waals surface area contributed by atoms with Gasteiger partial charge in [0.2, 0.25) is 5.92 Å². The first-order chi connectivity index (χ1) is 10.6. The third-order valence-electron chi connectivity index (χ3n) is 1.23. The predicted octanol–water partition coefficient (Wildman–Crippen LogP) is 2.42. The Morgan fingerprint density at radius 1 is 0.792 bits per heavy atom. The van der Waals surface area contributed by atoms with E-state index in [4.69, 9.17) is 18.8 Å². The van der Waals surface area contributed by atoms with E-state index >= 15 is 0 Å². The van der Waals surface area contributed by atoms with Crippen molar-refractivity contribution >= 4 is 6.29 Å². The van der Waals surface area contributed by atoms with E-state index in [1.54, 1.807) is 6.07 Å². The molecule has 24 heavy (non-hydrogen) atoms. The van der Waals surface area contributed by atoms with Crippen LogP contribution in [0.1, 0.15) is 0 Å². The maximum Gasteiger partial charge on any atom is 0 e. The topological polar surface area (TPSA) is 76.8 Å². The summed E-state index contributed by atoms with van der Waals surface area (Å²) >= 11 is 0. The number of hydrogen-bond donors (Lipinski definition) is 0. The Labute approximate surface area is 145 Å². The Morgan fingerprint density at radius 2 is 1.08 bits per heavy atom. The van der Waals surface area contributed by atoms with Gasteiger partial charge in [0.25, 0.3) is 0 Å². The van der Waals surface area contributed by atoms with Crippen molar-refractivity contribution in [3.63, 3.8) is 0 Å². The molecule has 0 unspecified atom stereocenters. The summed E-state index contributed by atoms with van der Waals surface area (Å²) in [5.41, 5.74) is 0. The fourth-order valence-electron chi connectivity index (χ4n) is 0.423. The molecule has 0 aromatic heterocycles. The molecule has 1 aromatic rings. The Balaban J connectivity index is -0.0000000834. The van der Waals surface area contributed by atoms with Gasteiger partial charge in [-0.2, -0.15) is 28.2 Å². The molecule has 0 aliphatic heterocycles. The van der Waals surface area contributed by atoms with Crippen LogP contribution in [0, 0.1) is 44.2 Å². The van der Waals surface area contributed by atoms with Crippen LogP contribution in [0.2, 0.25) is 0 Å². The minimum atomic E-state index is -6.46. The van der Waals surface area contributed by atoms with Gasteiger partial charge >= 0.3 is 46.0 Å². The first-order valence-corrected chi connectivity index (χ1v) is 4.22. The van der Waals surface area contributed by atoms with E-state index in [9.17, 15) is 30.7 Å². The molecule has 0 spiro atoms. The number of alkyl halides is 7. The summed E-state index contributed by atoms with van der Waals surface area (Å²) in [6, 6.07) is 12.0. The zero-order valence-electron chi connectivity index (χ0n) is 10.8. The third kappa shape index (κ3) is 12.9. The number of halogens is 7. The van der Waals surface area contributed by atoms with Crippen molar-refractivity contribution in [3.8, 4) is 0 Å². The summed E-state index contributed by atoms with van der Waals surface area (Å²) in [5.74, 6) is -12.2. The monoisotopic (exact) mass is 440 g/mol. The second kappa shape index (κ2) is 17.8. The average Bonchev–Trinajstić information content (AvgIpc) is 3.11. The average molecular weight is 438 g/mol. The molecule has 1 aromatic carbocycles. The van der Waals surface area contributed by atoms with Crippen molar-refractivity contribution in [2.75, 3.05) is 0 Å². The van der Waals surface area contributed by atoms with Gasteiger partial charge in [-0.25, -0.2) is 8.78 Å². The standard InChI is InChI=1S/C5H.C4F7O.3CO.Mo/c1-2-4-5-3-1;5-2(6,1-12)3(7,8)4(9,10)11;3*1-2;/h1H;;;;;/q-5;-1;;;;. The quantitative estimate of drug-likeness (QED) is 0.303. The number of carbonyl (C=O) groups excluding carboxylic acids is 1. The Morgan fingerprint density at radius 3 is 1.17 bits per heavy atom. The molecule has 0 fully saturated rings. The van der Waals surface area contributed by atoms with E-state index in [0.29, 0.717) is 0 Å². The van der Waals surface area contributed by atoms with Gasteiger partial charge in [0.15, 0.2) is 0 Å². The molecular formula is C12HF7MoO4-6. The maximum absolute atomic E-state index is 11.6. The van der Waals surface area contributed by atoms with E-state index in [1.165, 1.54) is 0 Å². The van der Waals surface area contributed by atoms with Gasteiger partial charge in [0, 0.05) is 21.1 Å². The smallest absolute Gasteiger partial charge is 0 e. The van der Waals surface area contributed by atoms with Crippen molar-refractivity contribution in [1.29, 1.82) is 0 Å². The number of rotatable bonds is 2. The Hall–Kier alpha value is -1.56. The molecule has 0 heterocycles. The summed E-state index contributed by atoms with van der Waals surface area (Å²) in [6.07, 6.45) is -7.13. The second-order valence-corrected chi connectivity index (χ2v) is 2.43. The van der Waals surface area contributed by atoms with Gasteiger partial charge in [-0.1, -0.05) is 0 Å². The van der Waals surface area contributed by atoms with Crippen LogP contribution in [0.15, 0.2) is 6.07 Å². The molecule has 0 aliphatic carbocycles. The molecule has 4 nitrogen and oxygen atoms in total. The van der Waals surface area contributed by atoms with E-state index in [2.05, 4.69) is 44.2 Å². The SMILES string of the molecule is O=[C-]C(F)(F)C(F)(F)C(F)(F)F.[C-]#[O+].[C-]#[O+].[C-]#[O+].[Mo].[c-]1[c-][c-][cH-][c-]1. The molecule has 12 heteroatoms. The molecule has 0 saturated heterocycles. The first-order valence-electron chi connectivity index (χ1n) is 4.22. The van der Waals surface area contributed by atoms with Crippen LogP contribution in [0.5, 0.6) is 0 Å². The molecule has 0 N–H and O–H groups in total. The van der Waals surface area contributed by atoms with Crippen LogP contribution in [0.4, 0.5) is 30.7 Å². The first kappa shape index (κ1) is 33.9. The van der Waals surface area contributed by atoms with Crippen molar-refractivity contribution in [1.82, 2.24) is 0 Å². The summed E-state index contributed by atoms with van der Waals surface area (Å²) in [5, 5.41) is 0. The van der Waals surface area contributed by atoms with E-state index in [-0.39, 0.29) is 21.1 Å². The van der Waals surface area contributed by atoms with Gasteiger partial charge < -0.3 is 35.1 Å². The van der Waals surface area contributed by atoms with Crippen LogP contribution >= 0.6 is 0 Å². The second-order valence-electron chi connectivity index (χ2n) is 2.43. The normalized spacial score (nSPS) is 9.21. The molecule has 0 saturated carbocycles. The maximum atomic E-state index is 11.6. The third-order valence-corrected chi connectivity index (χ3v) is 1.23. The summed E-state index contributed by atoms with van der Waals surface area (Å²) < 4.78 is 102. The molecule has 0 bridgehead atoms. The van der Waals surface area contributed by atoms with Crippen molar-refractivity contribution < 1.29 is 70.5 Å². The van der Waals surface area contributed by atoms with Gasteiger partial charge in [0.05, 0.1) is 0 Å². The molecule has 1 rings (SSSR count). The molecule has 0 atom stereocenters. The van der Waals surface area contributed by atoms with E-state index in [1.807, 2.05) is 0 Å². The van der Waals surface area contributed by atoms with Gasteiger partial charge in [0.1, 0.15) is 0 Å². The van der Waals surface area contributed by atoms with Gasteiger partial charge in [-0.15, -0.1) is 0 Å².